The third-order valence-electron chi connectivity index (χ3n) is 8.03. The van der Waals surface area contributed by atoms with Crippen molar-refractivity contribution in [2.45, 2.75) is 83.0 Å². The second kappa shape index (κ2) is 22.1. The molecule has 2 unspecified atom stereocenters. The number of rotatable bonds is 26. The van der Waals surface area contributed by atoms with E-state index in [0.29, 0.717) is 24.5 Å². The van der Waals surface area contributed by atoms with Crippen LogP contribution < -0.4 is 26.4 Å². The first-order valence-corrected chi connectivity index (χ1v) is 16.6. The molecule has 19 heteroatoms. The Bertz CT molecular complexity index is 1590. The Balaban J connectivity index is 1.76. The highest BCUT2D eigenvalue weighted by Gasteiger charge is 2.34. The Hall–Kier alpha value is -5.98. The molecule has 0 spiro atoms. The zero-order chi connectivity index (χ0) is 39.5. The molecule has 1 aromatic carbocycles. The molecule has 10 N–H and O–H groups in total. The minimum Gasteiger partial charge on any atom is -0.489 e. The van der Waals surface area contributed by atoms with Crippen LogP contribution in [0.2, 0.25) is 0 Å². The first kappa shape index (κ1) is 43.2. The number of ether oxygens (including phenoxy) is 1. The largest absolute Gasteiger partial charge is 0.489 e. The highest BCUT2D eigenvalue weighted by atomic mass is 16.5. The highest BCUT2D eigenvalue weighted by molar-refractivity contribution is 5.87. The first-order chi connectivity index (χ1) is 25.1. The summed E-state index contributed by atoms with van der Waals surface area (Å²) in [6.07, 6.45) is -1.76. The van der Waals surface area contributed by atoms with Crippen molar-refractivity contribution in [3.8, 4) is 5.75 Å². The molecule has 290 valence electrons. The van der Waals surface area contributed by atoms with Gasteiger partial charge in [-0.05, 0) is 55.9 Å². The highest BCUT2D eigenvalue weighted by Crippen LogP contribution is 2.24. The Morgan fingerprint density at radius 2 is 1.17 bits per heavy atom. The lowest BCUT2D eigenvalue weighted by atomic mass is 9.85. The van der Waals surface area contributed by atoms with Crippen molar-refractivity contribution < 1.29 is 73.0 Å². The molecule has 1 aromatic heterocycles. The molecule has 2 rings (SSSR count). The summed E-state index contributed by atoms with van der Waals surface area (Å²) in [6.45, 7) is 0.843. The minimum absolute atomic E-state index is 0.242. The first-order valence-electron chi connectivity index (χ1n) is 16.6. The second-order valence-electron chi connectivity index (χ2n) is 12.0. The molecule has 19 nitrogen and oxygen atoms in total. The van der Waals surface area contributed by atoms with E-state index in [1.54, 1.807) is 24.5 Å². The molecule has 0 fully saturated rings. The molecule has 0 radical (unpaired) electrons. The van der Waals surface area contributed by atoms with E-state index < -0.39 is 110 Å². The Morgan fingerprint density at radius 1 is 0.660 bits per heavy atom. The van der Waals surface area contributed by atoms with Gasteiger partial charge in [-0.2, -0.15) is 0 Å². The van der Waals surface area contributed by atoms with Crippen molar-refractivity contribution in [3.05, 3.63) is 53.5 Å². The fourth-order valence-electron chi connectivity index (χ4n) is 5.12. The third-order valence-corrected chi connectivity index (χ3v) is 8.03. The maximum absolute atomic E-state index is 12.5. The average molecular weight is 749 g/mol. The molecule has 1 heterocycles. The fourth-order valence-corrected chi connectivity index (χ4v) is 5.12. The number of hydrogen-bond donors (Lipinski definition) is 9. The van der Waals surface area contributed by atoms with Crippen molar-refractivity contribution >= 4 is 47.6 Å². The van der Waals surface area contributed by atoms with E-state index >= 15 is 0 Å². The Labute approximate surface area is 302 Å². The van der Waals surface area contributed by atoms with Gasteiger partial charge in [0.1, 0.15) is 30.2 Å². The van der Waals surface area contributed by atoms with Crippen LogP contribution in [0.1, 0.15) is 68.3 Å². The van der Waals surface area contributed by atoms with Crippen molar-refractivity contribution in [2.24, 2.45) is 17.6 Å². The van der Waals surface area contributed by atoms with Crippen molar-refractivity contribution in [2.75, 3.05) is 6.54 Å². The summed E-state index contributed by atoms with van der Waals surface area (Å²) < 4.78 is 11.0. The number of nitrogens with one attached hydrogen (secondary N) is 3. The molecule has 3 amide bonds. The quantitative estimate of drug-likeness (QED) is 0.0640. The molecule has 0 aliphatic rings. The lowest BCUT2D eigenvalue weighted by Crippen LogP contribution is -2.44. The van der Waals surface area contributed by atoms with Gasteiger partial charge in [-0.15, -0.1) is 0 Å². The molecule has 0 bridgehead atoms. The van der Waals surface area contributed by atoms with Crippen LogP contribution in [0.15, 0.2) is 41.0 Å². The maximum atomic E-state index is 12.5. The van der Waals surface area contributed by atoms with Gasteiger partial charge in [0, 0.05) is 37.8 Å². The summed E-state index contributed by atoms with van der Waals surface area (Å²) in [5.41, 5.74) is 7.27. The summed E-state index contributed by atoms with van der Waals surface area (Å²) in [7, 11) is 0. The van der Waals surface area contributed by atoms with Crippen molar-refractivity contribution in [1.82, 2.24) is 16.0 Å². The van der Waals surface area contributed by atoms with Gasteiger partial charge in [-0.1, -0.05) is 12.1 Å². The van der Waals surface area contributed by atoms with Crippen LogP contribution in [-0.4, -0.2) is 91.7 Å². The monoisotopic (exact) mass is 748 g/mol. The Morgan fingerprint density at radius 3 is 1.64 bits per heavy atom. The topological polar surface area (TPSA) is 322 Å². The normalized spacial score (nSPS) is 13.1. The van der Waals surface area contributed by atoms with E-state index in [1.165, 1.54) is 0 Å². The SMILES string of the molecule is NCc1cc(COc2ccc(CCNC(=O)CC[C@@H](NC(=O)CC[C@@H](NC(=O)CCC(C(=O)O)C(CCC(=O)O)C(=O)O)C(=O)O)C(=O)O)cc2)co1. The molecule has 0 saturated heterocycles. The fraction of sp³-hybridized carbons (Fsp3) is 0.471. The zero-order valence-electron chi connectivity index (χ0n) is 28.7. The van der Waals surface area contributed by atoms with Crippen LogP contribution in [-0.2, 0) is 57.9 Å². The molecule has 0 aliphatic carbocycles. The molecule has 0 saturated carbocycles. The summed E-state index contributed by atoms with van der Waals surface area (Å²) in [5, 5.41) is 53.7. The maximum Gasteiger partial charge on any atom is 0.326 e. The van der Waals surface area contributed by atoms with Gasteiger partial charge in [0.15, 0.2) is 0 Å². The summed E-state index contributed by atoms with van der Waals surface area (Å²) in [6, 6.07) is 5.91. The molecule has 4 atom stereocenters. The zero-order valence-corrected chi connectivity index (χ0v) is 28.7. The number of furan rings is 1. The van der Waals surface area contributed by atoms with Crippen LogP contribution >= 0.6 is 0 Å². The molecule has 0 aliphatic heterocycles. The van der Waals surface area contributed by atoms with E-state index in [0.717, 1.165) is 11.1 Å². The summed E-state index contributed by atoms with van der Waals surface area (Å²) in [5.74, 6) is -11.7. The third kappa shape index (κ3) is 16.3. The summed E-state index contributed by atoms with van der Waals surface area (Å²) in [4.78, 5) is 94.7. The number of nitrogens with two attached hydrogens (primary N) is 1. The van der Waals surface area contributed by atoms with Crippen LogP contribution in [0, 0.1) is 11.8 Å². The van der Waals surface area contributed by atoms with Crippen molar-refractivity contribution in [3.63, 3.8) is 0 Å². The van der Waals surface area contributed by atoms with E-state index in [-0.39, 0.29) is 25.9 Å². The van der Waals surface area contributed by atoms with Gasteiger partial charge in [-0.25, -0.2) is 9.59 Å². The molecular formula is C34H44N4O15. The van der Waals surface area contributed by atoms with Crippen LogP contribution in [0.25, 0.3) is 0 Å². The number of carbonyl (C=O) groups is 8. The molecule has 2 aromatic rings. The van der Waals surface area contributed by atoms with Gasteiger partial charge in [-0.3, -0.25) is 28.8 Å². The van der Waals surface area contributed by atoms with Crippen LogP contribution in [0.3, 0.4) is 0 Å². The second-order valence-corrected chi connectivity index (χ2v) is 12.0. The summed E-state index contributed by atoms with van der Waals surface area (Å²) >= 11 is 0. The lowest BCUT2D eigenvalue weighted by molar-refractivity contribution is -0.155. The average Bonchev–Trinajstić information content (AvgIpc) is 3.57. The number of carbonyl (C=O) groups excluding carboxylic acids is 3. The van der Waals surface area contributed by atoms with E-state index in [4.69, 9.17) is 20.0 Å². The number of hydrogen-bond acceptors (Lipinski definition) is 11. The van der Waals surface area contributed by atoms with Gasteiger partial charge < -0.3 is 56.4 Å². The van der Waals surface area contributed by atoms with E-state index in [9.17, 15) is 58.8 Å². The number of carboxylic acid groups (broad SMARTS) is 5. The van der Waals surface area contributed by atoms with Crippen LogP contribution in [0.5, 0.6) is 5.75 Å². The van der Waals surface area contributed by atoms with Crippen molar-refractivity contribution in [1.29, 1.82) is 0 Å². The molecule has 53 heavy (non-hydrogen) atoms. The molecular weight excluding hydrogens is 704 g/mol. The predicted octanol–water partition coefficient (Wildman–Crippen LogP) is 0.722. The van der Waals surface area contributed by atoms with Gasteiger partial charge in [0.2, 0.25) is 17.7 Å². The number of carboxylic acids is 5. The van der Waals surface area contributed by atoms with Crippen LogP contribution in [0.4, 0.5) is 0 Å². The van der Waals surface area contributed by atoms with E-state index in [2.05, 4.69) is 16.0 Å². The smallest absolute Gasteiger partial charge is 0.326 e. The van der Waals surface area contributed by atoms with Gasteiger partial charge in [0.05, 0.1) is 24.6 Å². The lowest BCUT2D eigenvalue weighted by Gasteiger charge is -2.20. The number of benzene rings is 1. The number of amides is 3. The van der Waals surface area contributed by atoms with E-state index in [1.807, 2.05) is 12.1 Å². The Kier molecular flexibility index (Phi) is 18.0. The van der Waals surface area contributed by atoms with Gasteiger partial charge >= 0.3 is 29.8 Å². The standard InChI is InChI=1S/C34H44N4O15/c35-16-22-15-20(18-53-22)17-52-21-3-1-19(2-4-21)13-14-36-27(39)10-7-25(33(48)49)38-29(41)11-8-26(34(50)51)37-28(40)9-5-23(31(44)45)24(32(46)47)6-12-30(42)43/h1-4,15,18,23-26H,5-14,16-17,35H2,(H,36,39)(H,37,40)(H,38,41)(H,42,43)(H,44,45)(H,46,47)(H,48,49)(H,50,51)/t23?,24?,25-,26-/m1/s1. The van der Waals surface area contributed by atoms with Gasteiger partial charge in [0.25, 0.3) is 0 Å². The number of aliphatic carboxylic acids is 5. The predicted molar refractivity (Wildman–Crippen MR) is 180 cm³/mol. The minimum atomic E-state index is -1.64.